The molecule has 4 nitrogen and oxygen atoms in total. The lowest BCUT2D eigenvalue weighted by Crippen LogP contribution is -2.18. The number of hydrogen-bond donors (Lipinski definition) is 0. The number of hydrogen-bond acceptors (Lipinski definition) is 3. The molecule has 3 aromatic rings. The number of rotatable bonds is 3. The van der Waals surface area contributed by atoms with Crippen LogP contribution in [-0.4, -0.2) is 21.6 Å². The van der Waals surface area contributed by atoms with E-state index >= 15 is 0 Å². The van der Waals surface area contributed by atoms with E-state index in [0.29, 0.717) is 6.54 Å². The Hall–Kier alpha value is -2.43. The number of halogens is 1. The molecule has 0 atom stereocenters. The Morgan fingerprint density at radius 3 is 2.74 bits per heavy atom. The topological polar surface area (TPSA) is 33.4 Å². The minimum atomic E-state index is -0.217. The third kappa shape index (κ3) is 2.40. The summed E-state index contributed by atoms with van der Waals surface area (Å²) in [7, 11) is 1.96. The Morgan fingerprint density at radius 2 is 1.95 bits per heavy atom. The molecule has 0 fully saturated rings. The molecule has 0 unspecified atom stereocenters. The highest BCUT2D eigenvalue weighted by molar-refractivity contribution is 5.47. The van der Waals surface area contributed by atoms with Gasteiger partial charge in [0.1, 0.15) is 11.6 Å². The summed E-state index contributed by atoms with van der Waals surface area (Å²) in [6, 6.07) is 10.3. The van der Waals surface area contributed by atoms with Crippen LogP contribution in [0.5, 0.6) is 0 Å². The van der Waals surface area contributed by atoms with E-state index in [4.69, 9.17) is 0 Å². The average Bonchev–Trinajstić information content (AvgIpc) is 2.88. The lowest BCUT2D eigenvalue weighted by Gasteiger charge is -2.18. The van der Waals surface area contributed by atoms with Crippen molar-refractivity contribution in [1.82, 2.24) is 14.6 Å². The normalized spacial score (nSPS) is 10.8. The van der Waals surface area contributed by atoms with E-state index in [0.717, 1.165) is 17.0 Å². The second-order valence-corrected chi connectivity index (χ2v) is 4.40. The summed E-state index contributed by atoms with van der Waals surface area (Å²) in [5.41, 5.74) is 1.85. The van der Waals surface area contributed by atoms with Crippen molar-refractivity contribution in [3.05, 3.63) is 60.2 Å². The first-order valence-electron chi connectivity index (χ1n) is 5.98. The van der Waals surface area contributed by atoms with E-state index < -0.39 is 0 Å². The van der Waals surface area contributed by atoms with Gasteiger partial charge in [0, 0.05) is 25.9 Å². The van der Waals surface area contributed by atoms with Gasteiger partial charge in [0.25, 0.3) is 0 Å². The Labute approximate surface area is 110 Å². The number of benzene rings is 1. The molecule has 0 aliphatic rings. The summed E-state index contributed by atoms with van der Waals surface area (Å²) >= 11 is 0. The molecule has 0 radical (unpaired) electrons. The van der Waals surface area contributed by atoms with Gasteiger partial charge in [-0.3, -0.25) is 0 Å². The number of anilines is 1. The molecule has 1 aromatic carbocycles. The van der Waals surface area contributed by atoms with Crippen LogP contribution >= 0.6 is 0 Å². The fraction of sp³-hybridized carbons (Fsp3) is 0.143. The predicted molar refractivity (Wildman–Crippen MR) is 71.5 cm³/mol. The SMILES string of the molecule is CN(Cc1ccc(F)cc1)c1ccn2nccc2n1. The van der Waals surface area contributed by atoms with Crippen molar-refractivity contribution >= 4 is 11.5 Å². The zero-order chi connectivity index (χ0) is 13.2. The fourth-order valence-electron chi connectivity index (χ4n) is 1.96. The van der Waals surface area contributed by atoms with Gasteiger partial charge in [0.05, 0.1) is 6.20 Å². The maximum atomic E-state index is 12.9. The van der Waals surface area contributed by atoms with Gasteiger partial charge in [-0.2, -0.15) is 5.10 Å². The van der Waals surface area contributed by atoms with Crippen molar-refractivity contribution in [3.63, 3.8) is 0 Å². The van der Waals surface area contributed by atoms with Crippen LogP contribution in [0.2, 0.25) is 0 Å². The monoisotopic (exact) mass is 256 g/mol. The van der Waals surface area contributed by atoms with Gasteiger partial charge in [-0.1, -0.05) is 12.1 Å². The number of nitrogens with zero attached hydrogens (tertiary/aromatic N) is 4. The van der Waals surface area contributed by atoms with E-state index in [2.05, 4.69) is 10.1 Å². The zero-order valence-corrected chi connectivity index (χ0v) is 10.5. The van der Waals surface area contributed by atoms with Crippen LogP contribution < -0.4 is 4.90 Å². The molecule has 0 saturated carbocycles. The van der Waals surface area contributed by atoms with E-state index in [1.54, 1.807) is 22.8 Å². The van der Waals surface area contributed by atoms with Gasteiger partial charge >= 0.3 is 0 Å². The van der Waals surface area contributed by atoms with Crippen molar-refractivity contribution in [2.24, 2.45) is 0 Å². The number of fused-ring (bicyclic) bond motifs is 1. The van der Waals surface area contributed by atoms with Crippen molar-refractivity contribution in [2.45, 2.75) is 6.54 Å². The highest BCUT2D eigenvalue weighted by Crippen LogP contribution is 2.14. The molecule has 0 aliphatic carbocycles. The molecule has 0 amide bonds. The molecule has 0 saturated heterocycles. The van der Waals surface area contributed by atoms with Gasteiger partial charge in [-0.05, 0) is 23.8 Å². The third-order valence-electron chi connectivity index (χ3n) is 2.97. The molecule has 5 heteroatoms. The lowest BCUT2D eigenvalue weighted by atomic mass is 10.2. The second kappa shape index (κ2) is 4.68. The Bertz CT molecular complexity index is 690. The van der Waals surface area contributed by atoms with Gasteiger partial charge in [0.2, 0.25) is 0 Å². The summed E-state index contributed by atoms with van der Waals surface area (Å²) in [6.07, 6.45) is 3.59. The Morgan fingerprint density at radius 1 is 1.16 bits per heavy atom. The van der Waals surface area contributed by atoms with Crippen molar-refractivity contribution in [2.75, 3.05) is 11.9 Å². The largest absolute Gasteiger partial charge is 0.355 e. The molecule has 2 aromatic heterocycles. The van der Waals surface area contributed by atoms with Crippen LogP contribution in [0.3, 0.4) is 0 Å². The molecule has 0 bridgehead atoms. The summed E-state index contributed by atoms with van der Waals surface area (Å²) in [4.78, 5) is 6.52. The molecule has 0 spiro atoms. The minimum Gasteiger partial charge on any atom is -0.355 e. The van der Waals surface area contributed by atoms with Gasteiger partial charge in [0.15, 0.2) is 5.65 Å². The summed E-state index contributed by atoms with van der Waals surface area (Å²) in [6.45, 7) is 0.678. The highest BCUT2D eigenvalue weighted by atomic mass is 19.1. The van der Waals surface area contributed by atoms with Crippen LogP contribution in [0.4, 0.5) is 10.2 Å². The smallest absolute Gasteiger partial charge is 0.157 e. The molecule has 0 aliphatic heterocycles. The summed E-state index contributed by atoms with van der Waals surface area (Å²) in [5.74, 6) is 0.641. The first-order chi connectivity index (χ1) is 9.22. The predicted octanol–water partition coefficient (Wildman–Crippen LogP) is 2.50. The maximum absolute atomic E-state index is 12.9. The third-order valence-corrected chi connectivity index (χ3v) is 2.97. The highest BCUT2D eigenvalue weighted by Gasteiger charge is 2.05. The second-order valence-electron chi connectivity index (χ2n) is 4.40. The molecular weight excluding hydrogens is 243 g/mol. The first kappa shape index (κ1) is 11.6. The van der Waals surface area contributed by atoms with Gasteiger partial charge in [-0.15, -0.1) is 0 Å². The minimum absolute atomic E-state index is 0.217. The van der Waals surface area contributed by atoms with E-state index in [1.165, 1.54) is 12.1 Å². The van der Waals surface area contributed by atoms with E-state index in [9.17, 15) is 4.39 Å². The average molecular weight is 256 g/mol. The van der Waals surface area contributed by atoms with E-state index in [-0.39, 0.29) is 5.82 Å². The molecule has 3 rings (SSSR count). The van der Waals surface area contributed by atoms with Crippen LogP contribution in [-0.2, 0) is 6.54 Å². The first-order valence-corrected chi connectivity index (χ1v) is 5.98. The van der Waals surface area contributed by atoms with Gasteiger partial charge in [-0.25, -0.2) is 13.9 Å². The van der Waals surface area contributed by atoms with Crippen LogP contribution in [0.25, 0.3) is 5.65 Å². The van der Waals surface area contributed by atoms with Crippen molar-refractivity contribution in [3.8, 4) is 0 Å². The molecular formula is C14H13FN4. The Kier molecular flexibility index (Phi) is 2.87. The molecule has 19 heavy (non-hydrogen) atoms. The molecule has 96 valence electrons. The summed E-state index contributed by atoms with van der Waals surface area (Å²) < 4.78 is 14.6. The summed E-state index contributed by atoms with van der Waals surface area (Å²) in [5, 5.41) is 4.11. The van der Waals surface area contributed by atoms with E-state index in [1.807, 2.05) is 30.3 Å². The van der Waals surface area contributed by atoms with Crippen molar-refractivity contribution < 1.29 is 4.39 Å². The lowest BCUT2D eigenvalue weighted by molar-refractivity contribution is 0.627. The number of aromatic nitrogens is 3. The standard InChI is InChI=1S/C14H13FN4/c1-18(10-11-2-4-12(15)5-3-11)13-7-9-19-14(17-13)6-8-16-19/h2-9H,10H2,1H3. The Balaban J connectivity index is 1.82. The fourth-order valence-corrected chi connectivity index (χ4v) is 1.96. The zero-order valence-electron chi connectivity index (χ0n) is 10.5. The molecule has 2 heterocycles. The van der Waals surface area contributed by atoms with Crippen LogP contribution in [0.15, 0.2) is 48.8 Å². The van der Waals surface area contributed by atoms with Crippen LogP contribution in [0.1, 0.15) is 5.56 Å². The van der Waals surface area contributed by atoms with Crippen molar-refractivity contribution in [1.29, 1.82) is 0 Å². The molecule has 0 N–H and O–H groups in total. The van der Waals surface area contributed by atoms with Crippen LogP contribution in [0, 0.1) is 5.82 Å². The maximum Gasteiger partial charge on any atom is 0.157 e. The quantitative estimate of drug-likeness (QED) is 0.722. The van der Waals surface area contributed by atoms with Gasteiger partial charge < -0.3 is 4.90 Å².